The maximum Gasteiger partial charge on any atom is 0.270 e. The van der Waals surface area contributed by atoms with Gasteiger partial charge in [-0.1, -0.05) is 0 Å². The smallest absolute Gasteiger partial charge is 0.270 e. The third-order valence-corrected chi connectivity index (χ3v) is 3.38. The molecule has 0 spiro atoms. The van der Waals surface area contributed by atoms with Gasteiger partial charge in [0.15, 0.2) is 0 Å². The van der Waals surface area contributed by atoms with E-state index in [1.165, 1.54) is 0 Å². The van der Waals surface area contributed by atoms with Gasteiger partial charge in [-0.2, -0.15) is 5.10 Å². The molecule has 1 aliphatic heterocycles. The van der Waals surface area contributed by atoms with Crippen LogP contribution in [0.3, 0.4) is 0 Å². The first-order chi connectivity index (χ1) is 9.83. The minimum atomic E-state index is -0.132. The van der Waals surface area contributed by atoms with Gasteiger partial charge in [-0.15, -0.1) is 24.8 Å². The maximum absolute atomic E-state index is 12.2. The van der Waals surface area contributed by atoms with Gasteiger partial charge in [0, 0.05) is 31.2 Å². The number of carbonyl (C=O) groups excluding carboxylic acids is 1. The van der Waals surface area contributed by atoms with Gasteiger partial charge < -0.3 is 10.6 Å². The highest BCUT2D eigenvalue weighted by atomic mass is 35.5. The average molecular weight is 344 g/mol. The molecule has 2 N–H and O–H groups in total. The second kappa shape index (κ2) is 8.73. The van der Waals surface area contributed by atoms with Crippen LogP contribution in [0.4, 0.5) is 0 Å². The number of pyridine rings is 1. The first-order valence-corrected chi connectivity index (χ1v) is 6.80. The zero-order chi connectivity index (χ0) is 13.8. The van der Waals surface area contributed by atoms with E-state index >= 15 is 0 Å². The lowest BCUT2D eigenvalue weighted by Crippen LogP contribution is -2.45. The molecule has 2 aromatic heterocycles. The fourth-order valence-corrected chi connectivity index (χ4v) is 2.34. The Bertz CT molecular complexity index is 585. The Morgan fingerprint density at radius 1 is 1.36 bits per heavy atom. The van der Waals surface area contributed by atoms with Gasteiger partial charge in [-0.3, -0.25) is 9.78 Å². The van der Waals surface area contributed by atoms with E-state index in [0.29, 0.717) is 5.69 Å². The Balaban J connectivity index is 0.00000121. The van der Waals surface area contributed by atoms with E-state index in [9.17, 15) is 4.79 Å². The quantitative estimate of drug-likeness (QED) is 0.887. The summed E-state index contributed by atoms with van der Waals surface area (Å²) in [6, 6.07) is 5.60. The molecule has 22 heavy (non-hydrogen) atoms. The molecule has 1 aliphatic rings. The predicted molar refractivity (Wildman–Crippen MR) is 89.2 cm³/mol. The van der Waals surface area contributed by atoms with Crippen LogP contribution in [0.2, 0.25) is 0 Å². The van der Waals surface area contributed by atoms with E-state index in [-0.39, 0.29) is 36.8 Å². The standard InChI is InChI=1S/C14H17N5O.2ClH/c20-14(18-11-3-1-5-15-10-11)13-9-12(4-7-16-13)19-8-2-6-17-19;;/h2,4,6-9,11,15H,1,3,5,10H2,(H,18,20);2*1H. The molecular weight excluding hydrogens is 325 g/mol. The number of carbonyl (C=O) groups is 1. The minimum Gasteiger partial charge on any atom is -0.347 e. The highest BCUT2D eigenvalue weighted by molar-refractivity contribution is 5.92. The van der Waals surface area contributed by atoms with Crippen LogP contribution >= 0.6 is 24.8 Å². The second-order valence-corrected chi connectivity index (χ2v) is 4.87. The van der Waals surface area contributed by atoms with E-state index in [1.807, 2.05) is 18.3 Å². The number of hydrogen-bond acceptors (Lipinski definition) is 4. The monoisotopic (exact) mass is 343 g/mol. The molecule has 120 valence electrons. The summed E-state index contributed by atoms with van der Waals surface area (Å²) in [4.78, 5) is 16.3. The molecule has 1 atom stereocenters. The lowest BCUT2D eigenvalue weighted by atomic mass is 10.1. The highest BCUT2D eigenvalue weighted by Gasteiger charge is 2.17. The van der Waals surface area contributed by atoms with Gasteiger partial charge in [-0.25, -0.2) is 4.68 Å². The molecule has 3 rings (SSSR count). The molecule has 1 saturated heterocycles. The van der Waals surface area contributed by atoms with E-state index in [1.54, 1.807) is 23.1 Å². The Labute approximate surface area is 141 Å². The Morgan fingerprint density at radius 2 is 2.23 bits per heavy atom. The van der Waals surface area contributed by atoms with Crippen LogP contribution in [0.1, 0.15) is 23.3 Å². The molecule has 2 aromatic rings. The van der Waals surface area contributed by atoms with Crippen molar-refractivity contribution in [1.82, 2.24) is 25.4 Å². The molecule has 6 nitrogen and oxygen atoms in total. The minimum absolute atomic E-state index is 0. The molecule has 8 heteroatoms. The van der Waals surface area contributed by atoms with Gasteiger partial charge in [0.1, 0.15) is 5.69 Å². The fraction of sp³-hybridized carbons (Fsp3) is 0.357. The van der Waals surface area contributed by atoms with Gasteiger partial charge in [0.25, 0.3) is 5.91 Å². The molecular formula is C14H19Cl2N5O. The Kier molecular flexibility index (Phi) is 7.31. The van der Waals surface area contributed by atoms with Crippen molar-refractivity contribution in [1.29, 1.82) is 0 Å². The summed E-state index contributed by atoms with van der Waals surface area (Å²) < 4.78 is 1.71. The van der Waals surface area contributed by atoms with Crippen LogP contribution < -0.4 is 10.6 Å². The molecule has 1 fully saturated rings. The number of piperidine rings is 1. The van der Waals surface area contributed by atoms with Gasteiger partial charge >= 0.3 is 0 Å². The first kappa shape index (κ1) is 18.4. The van der Waals surface area contributed by atoms with Gasteiger partial charge in [-0.05, 0) is 37.6 Å². The summed E-state index contributed by atoms with van der Waals surface area (Å²) in [5.41, 5.74) is 1.25. The SMILES string of the molecule is Cl.Cl.O=C(NC1CCCNC1)c1cc(-n2cccn2)ccn1. The van der Waals surface area contributed by atoms with Gasteiger partial charge in [0.2, 0.25) is 0 Å². The maximum atomic E-state index is 12.2. The van der Waals surface area contributed by atoms with Gasteiger partial charge in [0.05, 0.1) is 5.69 Å². The van der Waals surface area contributed by atoms with Crippen LogP contribution in [0, 0.1) is 0 Å². The average Bonchev–Trinajstić information content (AvgIpc) is 3.03. The number of hydrogen-bond donors (Lipinski definition) is 2. The van der Waals surface area contributed by atoms with Crippen molar-refractivity contribution in [3.8, 4) is 5.69 Å². The van der Waals surface area contributed by atoms with Crippen molar-refractivity contribution in [2.45, 2.75) is 18.9 Å². The molecule has 0 aromatic carbocycles. The molecule has 1 amide bonds. The van der Waals surface area contributed by atoms with Crippen molar-refractivity contribution >= 4 is 30.7 Å². The number of rotatable bonds is 3. The van der Waals surface area contributed by atoms with Crippen molar-refractivity contribution in [2.75, 3.05) is 13.1 Å². The number of nitrogens with zero attached hydrogens (tertiary/aromatic N) is 3. The normalized spacial score (nSPS) is 17.0. The van der Waals surface area contributed by atoms with Crippen LogP contribution in [0.5, 0.6) is 0 Å². The first-order valence-electron chi connectivity index (χ1n) is 6.80. The molecule has 1 unspecified atom stereocenters. The highest BCUT2D eigenvalue weighted by Crippen LogP contribution is 2.08. The Hall–Kier alpha value is -1.63. The van der Waals surface area contributed by atoms with Crippen LogP contribution in [0.25, 0.3) is 5.69 Å². The summed E-state index contributed by atoms with van der Waals surface area (Å²) in [6.45, 7) is 1.85. The Morgan fingerprint density at radius 3 is 2.91 bits per heavy atom. The van der Waals surface area contributed by atoms with Crippen LogP contribution in [-0.4, -0.2) is 39.8 Å². The zero-order valence-electron chi connectivity index (χ0n) is 11.9. The number of aromatic nitrogens is 3. The lowest BCUT2D eigenvalue weighted by Gasteiger charge is -2.23. The summed E-state index contributed by atoms with van der Waals surface area (Å²) in [5, 5.41) is 10.4. The predicted octanol–water partition coefficient (Wildman–Crippen LogP) is 1.59. The van der Waals surface area contributed by atoms with E-state index < -0.39 is 0 Å². The lowest BCUT2D eigenvalue weighted by molar-refractivity contribution is 0.0925. The zero-order valence-corrected chi connectivity index (χ0v) is 13.6. The molecule has 0 aliphatic carbocycles. The van der Waals surface area contributed by atoms with Crippen LogP contribution in [-0.2, 0) is 0 Å². The van der Waals surface area contributed by atoms with Crippen molar-refractivity contribution in [3.05, 3.63) is 42.5 Å². The summed E-state index contributed by atoms with van der Waals surface area (Å²) in [5.74, 6) is -0.132. The van der Waals surface area contributed by atoms with Crippen molar-refractivity contribution in [3.63, 3.8) is 0 Å². The van der Waals surface area contributed by atoms with E-state index in [2.05, 4.69) is 20.7 Å². The second-order valence-electron chi connectivity index (χ2n) is 4.87. The molecule has 0 bridgehead atoms. The van der Waals surface area contributed by atoms with E-state index in [4.69, 9.17) is 0 Å². The number of halogens is 2. The fourth-order valence-electron chi connectivity index (χ4n) is 2.34. The number of amides is 1. The third kappa shape index (κ3) is 4.43. The van der Waals surface area contributed by atoms with E-state index in [0.717, 1.165) is 31.6 Å². The summed E-state index contributed by atoms with van der Waals surface area (Å²) in [6.07, 6.45) is 7.27. The van der Waals surface area contributed by atoms with Crippen molar-refractivity contribution in [2.24, 2.45) is 0 Å². The molecule has 0 radical (unpaired) electrons. The number of nitrogens with one attached hydrogen (secondary N) is 2. The topological polar surface area (TPSA) is 71.8 Å². The summed E-state index contributed by atoms with van der Waals surface area (Å²) >= 11 is 0. The summed E-state index contributed by atoms with van der Waals surface area (Å²) in [7, 11) is 0. The largest absolute Gasteiger partial charge is 0.347 e. The molecule has 3 heterocycles. The third-order valence-electron chi connectivity index (χ3n) is 3.38. The van der Waals surface area contributed by atoms with Crippen LogP contribution in [0.15, 0.2) is 36.8 Å². The van der Waals surface area contributed by atoms with Crippen molar-refractivity contribution < 1.29 is 4.79 Å². The molecule has 0 saturated carbocycles.